The second kappa shape index (κ2) is 19.7. The molecule has 4 aliphatic heterocycles. The van der Waals surface area contributed by atoms with Crippen LogP contribution in [0.4, 0.5) is 11.4 Å². The van der Waals surface area contributed by atoms with Crippen molar-refractivity contribution in [3.05, 3.63) is 127 Å². The Balaban J connectivity index is 0.691. The number of hydrogen-bond acceptors (Lipinski definition) is 10. The fraction of sp³-hybridized carbons (Fsp3) is 0.421. The van der Waals surface area contributed by atoms with Crippen LogP contribution in [0, 0.1) is 11.8 Å². The van der Waals surface area contributed by atoms with Gasteiger partial charge in [0.15, 0.2) is 5.76 Å². The minimum Gasteiger partial charge on any atom is -0.436 e. The second-order valence-corrected chi connectivity index (χ2v) is 21.2. The standard InChI is InChI=1S/C57H63N9O7/c1-61(2)49(35-13-7-5-8-14-35)56(71)65-44-29-38(44)31-46(65)54(69)63-27-11-17-42(63)51(67)59-40-23-19-34(20-24-40)48-33-58-53(73-48)37-21-25-41(26-22-37)60-52(68)43-18-12-28-64(43)55(70)47-32-39-30-45(39)66(47)57(72)50(62(3)4)36-15-9-6-10-16-36/h5-10,13-16,19-26,33,38-39,42-47,49-50H,11-12,17-18,27-32H2,1-4H3,(H,59,67)(H,60,68)/t38-,39-,42?,43?,44-,45-,46-,47-,49+,50+/m0/s1. The number of nitrogens with one attached hydrogen (secondary N) is 2. The molecule has 2 saturated carbocycles. The van der Waals surface area contributed by atoms with Crippen LogP contribution in [0.1, 0.15) is 74.6 Å². The van der Waals surface area contributed by atoms with E-state index in [0.717, 1.165) is 29.5 Å². The number of nitrogens with zero attached hydrogens (tertiary/aromatic N) is 7. The highest BCUT2D eigenvalue weighted by Crippen LogP contribution is 2.51. The van der Waals surface area contributed by atoms with Crippen LogP contribution in [0.3, 0.4) is 0 Å². The molecule has 0 spiro atoms. The molecule has 6 amide bonds. The first-order valence-electron chi connectivity index (χ1n) is 25.8. The van der Waals surface area contributed by atoms with Gasteiger partial charge in [-0.2, -0.15) is 0 Å². The molecule has 11 rings (SSSR count). The summed E-state index contributed by atoms with van der Waals surface area (Å²) >= 11 is 0. The number of fused-ring (bicyclic) bond motifs is 2. The summed E-state index contributed by atoms with van der Waals surface area (Å²) in [6, 6.07) is 30.4. The molecule has 5 aromatic rings. The van der Waals surface area contributed by atoms with Gasteiger partial charge in [0.1, 0.15) is 36.3 Å². The van der Waals surface area contributed by atoms with Crippen molar-refractivity contribution in [1.82, 2.24) is 34.4 Å². The number of likely N-dealkylation sites (tertiary alicyclic amines) is 4. The zero-order valence-corrected chi connectivity index (χ0v) is 41.8. The minimum atomic E-state index is -0.644. The summed E-state index contributed by atoms with van der Waals surface area (Å²) in [6.45, 7) is 0.926. The maximum absolute atomic E-state index is 14.3. The number of oxazole rings is 1. The van der Waals surface area contributed by atoms with Crippen molar-refractivity contribution in [2.75, 3.05) is 51.9 Å². The first-order chi connectivity index (χ1) is 35.3. The van der Waals surface area contributed by atoms with E-state index < -0.39 is 36.3 Å². The SMILES string of the molecule is CN(C)[C@@H](C(=O)N1[C@H](C(=O)N2CCCC2C(=O)Nc2ccc(-c3cnc(-c4ccc(NC(=O)C5CCCN5C(=O)[C@@H]5C[C@@H]6C[C@@H]6N5C(=O)[C@@H](c5ccccc5)N(C)C)cc4)o3)cc2)C[C@@H]2C[C@@H]21)c1ccccc1. The van der Waals surface area contributed by atoms with E-state index in [2.05, 4.69) is 15.6 Å². The number of hydrogen-bond donors (Lipinski definition) is 2. The molecule has 10 atom stereocenters. The molecule has 16 nitrogen and oxygen atoms in total. The van der Waals surface area contributed by atoms with Crippen LogP contribution in [0.5, 0.6) is 0 Å². The van der Waals surface area contributed by atoms with Crippen molar-refractivity contribution < 1.29 is 33.2 Å². The lowest BCUT2D eigenvalue weighted by atomic mass is 10.0. The van der Waals surface area contributed by atoms with Crippen LogP contribution in [0.2, 0.25) is 0 Å². The molecule has 1 aromatic heterocycles. The third-order valence-electron chi connectivity index (χ3n) is 16.0. The molecule has 378 valence electrons. The molecule has 6 fully saturated rings. The topological polar surface area (TPSA) is 172 Å². The number of anilines is 2. The highest BCUT2D eigenvalue weighted by Gasteiger charge is 2.60. The number of amides is 6. The normalized spacial score (nSPS) is 25.6. The molecule has 4 saturated heterocycles. The summed E-state index contributed by atoms with van der Waals surface area (Å²) in [6.07, 6.45) is 7.17. The molecule has 4 aromatic carbocycles. The van der Waals surface area contributed by atoms with Gasteiger partial charge in [-0.25, -0.2) is 4.98 Å². The monoisotopic (exact) mass is 985 g/mol. The Kier molecular flexibility index (Phi) is 13.0. The lowest BCUT2D eigenvalue weighted by Crippen LogP contribution is -2.54. The number of likely N-dealkylation sites (N-methyl/N-ethyl adjacent to an activating group) is 2. The van der Waals surface area contributed by atoms with Crippen molar-refractivity contribution in [2.45, 2.75) is 99.7 Å². The predicted molar refractivity (Wildman–Crippen MR) is 274 cm³/mol. The zero-order valence-electron chi connectivity index (χ0n) is 41.8. The summed E-state index contributed by atoms with van der Waals surface area (Å²) in [4.78, 5) is 100.0. The Hall–Kier alpha value is -7.17. The smallest absolute Gasteiger partial charge is 0.247 e. The van der Waals surface area contributed by atoms with Crippen LogP contribution >= 0.6 is 0 Å². The summed E-state index contributed by atoms with van der Waals surface area (Å²) in [7, 11) is 7.54. The summed E-state index contributed by atoms with van der Waals surface area (Å²) in [5.74, 6) is 0.555. The Morgan fingerprint density at radius 1 is 0.548 bits per heavy atom. The minimum absolute atomic E-state index is 0.0542. The quantitative estimate of drug-likeness (QED) is 0.126. The molecule has 2 unspecified atom stereocenters. The Morgan fingerprint density at radius 2 is 0.973 bits per heavy atom. The summed E-state index contributed by atoms with van der Waals surface area (Å²) in [5, 5.41) is 6.04. The number of aromatic nitrogens is 1. The van der Waals surface area contributed by atoms with Crippen LogP contribution in [-0.2, 0) is 28.8 Å². The summed E-state index contributed by atoms with van der Waals surface area (Å²) < 4.78 is 6.18. The molecular weight excluding hydrogens is 923 g/mol. The molecule has 2 aliphatic carbocycles. The van der Waals surface area contributed by atoms with Gasteiger partial charge in [-0.3, -0.25) is 38.6 Å². The highest BCUT2D eigenvalue weighted by molar-refractivity contribution is 6.01. The van der Waals surface area contributed by atoms with Crippen molar-refractivity contribution >= 4 is 46.8 Å². The van der Waals surface area contributed by atoms with Gasteiger partial charge >= 0.3 is 0 Å². The molecule has 5 heterocycles. The maximum Gasteiger partial charge on any atom is 0.247 e. The van der Waals surface area contributed by atoms with Crippen LogP contribution < -0.4 is 10.6 Å². The molecule has 2 N–H and O–H groups in total. The van der Waals surface area contributed by atoms with Crippen molar-refractivity contribution in [1.29, 1.82) is 0 Å². The van der Waals surface area contributed by atoms with E-state index >= 15 is 0 Å². The Bertz CT molecular complexity index is 2700. The van der Waals surface area contributed by atoms with Crippen LogP contribution in [-0.4, -0.2) is 147 Å². The van der Waals surface area contributed by atoms with E-state index in [0.29, 0.717) is 92.0 Å². The second-order valence-electron chi connectivity index (χ2n) is 21.2. The van der Waals surface area contributed by atoms with E-state index in [1.807, 2.05) is 133 Å². The average Bonchev–Trinajstić information content (AvgIpc) is 3.85. The number of benzene rings is 4. The number of piperidine rings is 2. The third kappa shape index (κ3) is 9.31. The van der Waals surface area contributed by atoms with Crippen molar-refractivity contribution in [3.8, 4) is 22.8 Å². The predicted octanol–water partition coefficient (Wildman–Crippen LogP) is 6.45. The number of rotatable bonds is 14. The van der Waals surface area contributed by atoms with Gasteiger partial charge in [-0.1, -0.05) is 60.7 Å². The molecule has 0 bridgehead atoms. The van der Waals surface area contributed by atoms with E-state index in [4.69, 9.17) is 4.42 Å². The van der Waals surface area contributed by atoms with Crippen LogP contribution in [0.15, 0.2) is 120 Å². The van der Waals surface area contributed by atoms with E-state index in [1.54, 1.807) is 40.3 Å². The van der Waals surface area contributed by atoms with Gasteiger partial charge in [0, 0.05) is 47.7 Å². The fourth-order valence-electron chi connectivity index (χ4n) is 12.3. The molecule has 73 heavy (non-hydrogen) atoms. The zero-order chi connectivity index (χ0) is 50.7. The van der Waals surface area contributed by atoms with Gasteiger partial charge in [0.25, 0.3) is 0 Å². The fourth-order valence-corrected chi connectivity index (χ4v) is 12.3. The highest BCUT2D eigenvalue weighted by atomic mass is 16.4. The number of carbonyl (C=O) groups excluding carboxylic acids is 6. The first-order valence-corrected chi connectivity index (χ1v) is 25.8. The van der Waals surface area contributed by atoms with Crippen molar-refractivity contribution in [3.63, 3.8) is 0 Å². The third-order valence-corrected chi connectivity index (χ3v) is 16.0. The van der Waals surface area contributed by atoms with Gasteiger partial charge in [0.05, 0.1) is 6.20 Å². The number of carbonyl (C=O) groups is 6. The first kappa shape index (κ1) is 48.1. The maximum atomic E-state index is 14.3. The Labute approximate surface area is 425 Å². The van der Waals surface area contributed by atoms with Crippen molar-refractivity contribution in [2.24, 2.45) is 11.8 Å². The lowest BCUT2D eigenvalue weighted by molar-refractivity contribution is -0.149. The van der Waals surface area contributed by atoms with E-state index in [-0.39, 0.29) is 47.5 Å². The van der Waals surface area contributed by atoms with Gasteiger partial charge < -0.3 is 34.7 Å². The lowest BCUT2D eigenvalue weighted by Gasteiger charge is -2.36. The van der Waals surface area contributed by atoms with Gasteiger partial charge in [0.2, 0.25) is 41.3 Å². The molecule has 6 aliphatic rings. The van der Waals surface area contributed by atoms with Crippen LogP contribution in [0.25, 0.3) is 22.8 Å². The molecular formula is C57H63N9O7. The van der Waals surface area contributed by atoms with Gasteiger partial charge in [-0.15, -0.1) is 0 Å². The molecule has 16 heteroatoms. The van der Waals surface area contributed by atoms with Gasteiger partial charge in [-0.05, 0) is 151 Å². The Morgan fingerprint density at radius 3 is 1.40 bits per heavy atom. The van der Waals surface area contributed by atoms with E-state index in [1.165, 1.54) is 0 Å². The largest absolute Gasteiger partial charge is 0.436 e. The molecule has 0 radical (unpaired) electrons. The van der Waals surface area contributed by atoms with E-state index in [9.17, 15) is 28.8 Å². The summed E-state index contributed by atoms with van der Waals surface area (Å²) in [5.41, 5.74) is 4.37. The average molecular weight is 986 g/mol.